The second-order valence-electron chi connectivity index (χ2n) is 5.17. The van der Waals surface area contributed by atoms with Gasteiger partial charge in [-0.1, -0.05) is 13.8 Å². The van der Waals surface area contributed by atoms with Crippen molar-refractivity contribution >= 4 is 11.0 Å². The summed E-state index contributed by atoms with van der Waals surface area (Å²) in [5.74, 6) is 0.914. The molecule has 0 N–H and O–H groups in total. The number of halogens is 3. The van der Waals surface area contributed by atoms with Gasteiger partial charge >= 0.3 is 6.18 Å². The maximum Gasteiger partial charge on any atom is 0.416 e. The van der Waals surface area contributed by atoms with Crippen LogP contribution in [0.4, 0.5) is 13.2 Å². The van der Waals surface area contributed by atoms with Gasteiger partial charge in [0.05, 0.1) is 23.2 Å². The van der Waals surface area contributed by atoms with E-state index in [1.807, 2.05) is 25.3 Å². The third-order valence-electron chi connectivity index (χ3n) is 3.28. The van der Waals surface area contributed by atoms with Crippen LogP contribution in [0.25, 0.3) is 11.0 Å². The lowest BCUT2D eigenvalue weighted by molar-refractivity contribution is -0.137. The maximum atomic E-state index is 12.8. The number of rotatable bonds is 5. The third kappa shape index (κ3) is 3.37. The average Bonchev–Trinajstić information content (AvgIpc) is 2.76. The summed E-state index contributed by atoms with van der Waals surface area (Å²) in [5, 5.41) is 0. The van der Waals surface area contributed by atoms with Gasteiger partial charge in [-0.3, -0.25) is 0 Å². The van der Waals surface area contributed by atoms with E-state index in [1.54, 1.807) is 0 Å². The summed E-state index contributed by atoms with van der Waals surface area (Å²) in [6.45, 7) is 7.57. The molecule has 0 amide bonds. The molecule has 0 aliphatic heterocycles. The summed E-state index contributed by atoms with van der Waals surface area (Å²) < 4.78 is 45.6. The number of nitrogens with zero attached hydrogens (tertiary/aromatic N) is 2. The zero-order chi connectivity index (χ0) is 15.6. The third-order valence-corrected chi connectivity index (χ3v) is 3.28. The fraction of sp³-hybridized carbons (Fsp3) is 0.533. The Labute approximate surface area is 121 Å². The van der Waals surface area contributed by atoms with E-state index in [9.17, 15) is 13.2 Å². The molecule has 6 heteroatoms. The van der Waals surface area contributed by atoms with Crippen molar-refractivity contribution in [1.29, 1.82) is 0 Å². The Morgan fingerprint density at radius 2 is 2.00 bits per heavy atom. The van der Waals surface area contributed by atoms with Crippen LogP contribution in [0, 0.1) is 0 Å². The molecule has 0 atom stereocenters. The Kier molecular flexibility index (Phi) is 4.56. The van der Waals surface area contributed by atoms with E-state index in [0.717, 1.165) is 18.0 Å². The van der Waals surface area contributed by atoms with Crippen LogP contribution < -0.4 is 0 Å². The summed E-state index contributed by atoms with van der Waals surface area (Å²) in [5.41, 5.74) is 0.427. The number of hydrogen-bond acceptors (Lipinski definition) is 2. The molecule has 0 aliphatic carbocycles. The molecule has 2 aromatic rings. The summed E-state index contributed by atoms with van der Waals surface area (Å²) in [7, 11) is 0. The van der Waals surface area contributed by atoms with E-state index in [-0.39, 0.29) is 5.92 Å². The van der Waals surface area contributed by atoms with Gasteiger partial charge in [-0.25, -0.2) is 4.98 Å². The minimum atomic E-state index is -4.35. The molecule has 116 valence electrons. The van der Waals surface area contributed by atoms with Crippen molar-refractivity contribution < 1.29 is 17.9 Å². The molecule has 0 unspecified atom stereocenters. The number of aromatic nitrogens is 2. The second-order valence-corrected chi connectivity index (χ2v) is 5.17. The van der Waals surface area contributed by atoms with Gasteiger partial charge in [0, 0.05) is 19.1 Å². The first kappa shape index (κ1) is 15.8. The number of ether oxygens (including phenoxy) is 1. The quantitative estimate of drug-likeness (QED) is 0.773. The van der Waals surface area contributed by atoms with Crippen LogP contribution in [-0.2, 0) is 17.5 Å². The molecule has 0 aliphatic rings. The van der Waals surface area contributed by atoms with E-state index in [4.69, 9.17) is 4.74 Å². The molecule has 1 aromatic carbocycles. The molecule has 0 spiro atoms. The average molecular weight is 300 g/mol. The monoisotopic (exact) mass is 300 g/mol. The smallest absolute Gasteiger partial charge is 0.380 e. The number of imidazole rings is 1. The zero-order valence-electron chi connectivity index (χ0n) is 12.4. The zero-order valence-corrected chi connectivity index (χ0v) is 12.4. The highest BCUT2D eigenvalue weighted by atomic mass is 19.4. The van der Waals surface area contributed by atoms with Gasteiger partial charge in [0.15, 0.2) is 0 Å². The summed E-state index contributed by atoms with van der Waals surface area (Å²) in [4.78, 5) is 4.37. The lowest BCUT2D eigenvalue weighted by Gasteiger charge is -2.11. The van der Waals surface area contributed by atoms with Crippen molar-refractivity contribution in [2.24, 2.45) is 0 Å². The van der Waals surface area contributed by atoms with Crippen molar-refractivity contribution in [2.45, 2.75) is 39.4 Å². The van der Waals surface area contributed by atoms with Gasteiger partial charge in [-0.05, 0) is 25.1 Å². The van der Waals surface area contributed by atoms with E-state index in [2.05, 4.69) is 4.98 Å². The summed E-state index contributed by atoms with van der Waals surface area (Å²) in [6, 6.07) is 3.70. The predicted molar refractivity (Wildman–Crippen MR) is 75.3 cm³/mol. The molecule has 1 heterocycles. The first-order valence-electron chi connectivity index (χ1n) is 6.99. The highest BCUT2D eigenvalue weighted by Gasteiger charge is 2.31. The van der Waals surface area contributed by atoms with Gasteiger partial charge in [0.25, 0.3) is 0 Å². The summed E-state index contributed by atoms with van der Waals surface area (Å²) >= 11 is 0. The number of hydrogen-bond donors (Lipinski definition) is 0. The highest BCUT2D eigenvalue weighted by Crippen LogP contribution is 2.32. The number of alkyl halides is 3. The van der Waals surface area contributed by atoms with Crippen LogP contribution >= 0.6 is 0 Å². The van der Waals surface area contributed by atoms with Crippen molar-refractivity contribution in [2.75, 3.05) is 13.2 Å². The Bertz CT molecular complexity index is 617. The first-order valence-corrected chi connectivity index (χ1v) is 6.99. The van der Waals surface area contributed by atoms with Crippen molar-refractivity contribution in [3.8, 4) is 0 Å². The molecule has 0 bridgehead atoms. The number of benzene rings is 1. The van der Waals surface area contributed by atoms with Crippen molar-refractivity contribution in [1.82, 2.24) is 9.55 Å². The molecule has 21 heavy (non-hydrogen) atoms. The largest absolute Gasteiger partial charge is 0.416 e. The Morgan fingerprint density at radius 3 is 2.57 bits per heavy atom. The van der Waals surface area contributed by atoms with Crippen molar-refractivity contribution in [3.05, 3.63) is 29.6 Å². The Balaban J connectivity index is 2.47. The van der Waals surface area contributed by atoms with Crippen molar-refractivity contribution in [3.63, 3.8) is 0 Å². The Hall–Kier alpha value is -1.56. The van der Waals surface area contributed by atoms with Crippen LogP contribution in [0.15, 0.2) is 18.2 Å². The minimum Gasteiger partial charge on any atom is -0.380 e. The van der Waals surface area contributed by atoms with Gasteiger partial charge in [0.1, 0.15) is 5.82 Å². The van der Waals surface area contributed by atoms with Crippen LogP contribution in [0.3, 0.4) is 0 Å². The molecule has 1 aromatic heterocycles. The van der Waals surface area contributed by atoms with Gasteiger partial charge in [-0.2, -0.15) is 13.2 Å². The van der Waals surface area contributed by atoms with Crippen LogP contribution in [0.1, 0.15) is 38.1 Å². The molecule has 3 nitrogen and oxygen atoms in total. The minimum absolute atomic E-state index is 0.133. The second kappa shape index (κ2) is 6.05. The fourth-order valence-electron chi connectivity index (χ4n) is 2.30. The summed E-state index contributed by atoms with van der Waals surface area (Å²) in [6.07, 6.45) is -4.35. The van der Waals surface area contributed by atoms with Crippen LogP contribution in [-0.4, -0.2) is 22.8 Å². The van der Waals surface area contributed by atoms with E-state index in [1.165, 1.54) is 6.07 Å². The maximum absolute atomic E-state index is 12.8. The predicted octanol–water partition coefficient (Wildman–Crippen LogP) is 4.22. The van der Waals surface area contributed by atoms with Crippen LogP contribution in [0.5, 0.6) is 0 Å². The molecule has 2 rings (SSSR count). The van der Waals surface area contributed by atoms with E-state index < -0.39 is 11.7 Å². The molecule has 0 radical (unpaired) electrons. The Morgan fingerprint density at radius 1 is 1.29 bits per heavy atom. The van der Waals surface area contributed by atoms with Crippen LogP contribution in [0.2, 0.25) is 0 Å². The molecular weight excluding hydrogens is 281 g/mol. The SMILES string of the molecule is CCOCCn1c(C(C)C)nc2cc(C(F)(F)F)ccc21. The number of fused-ring (bicyclic) bond motifs is 1. The lowest BCUT2D eigenvalue weighted by atomic mass is 10.2. The lowest BCUT2D eigenvalue weighted by Crippen LogP contribution is -2.10. The van der Waals surface area contributed by atoms with E-state index in [0.29, 0.717) is 30.8 Å². The van der Waals surface area contributed by atoms with Gasteiger partial charge in [0.2, 0.25) is 0 Å². The van der Waals surface area contributed by atoms with Gasteiger partial charge in [-0.15, -0.1) is 0 Å². The van der Waals surface area contributed by atoms with E-state index >= 15 is 0 Å². The van der Waals surface area contributed by atoms with Gasteiger partial charge < -0.3 is 9.30 Å². The molecule has 0 saturated heterocycles. The topological polar surface area (TPSA) is 27.1 Å². The normalized spacial score (nSPS) is 12.5. The fourth-order valence-corrected chi connectivity index (χ4v) is 2.30. The molecular formula is C15H19F3N2O. The first-order chi connectivity index (χ1) is 9.84. The highest BCUT2D eigenvalue weighted by molar-refractivity contribution is 5.77. The standard InChI is InChI=1S/C15H19F3N2O/c1-4-21-8-7-20-13-6-5-11(15(16,17)18)9-12(13)19-14(20)10(2)3/h5-6,9-10H,4,7-8H2,1-3H3. The molecule has 0 saturated carbocycles. The molecule has 0 fully saturated rings.